The molecule has 0 aliphatic carbocycles. The third kappa shape index (κ3) is 2.87. The van der Waals surface area contributed by atoms with Crippen LogP contribution in [0.3, 0.4) is 0 Å². The smallest absolute Gasteiger partial charge is 0.260 e. The summed E-state index contributed by atoms with van der Waals surface area (Å²) in [5, 5.41) is 4.58. The van der Waals surface area contributed by atoms with Gasteiger partial charge in [0.15, 0.2) is 0 Å². The van der Waals surface area contributed by atoms with Gasteiger partial charge in [-0.05, 0) is 44.5 Å². The number of hydrogen-bond acceptors (Lipinski definition) is 4. The van der Waals surface area contributed by atoms with E-state index in [1.807, 2.05) is 39.0 Å². The van der Waals surface area contributed by atoms with Crippen LogP contribution in [-0.2, 0) is 6.54 Å². The van der Waals surface area contributed by atoms with Gasteiger partial charge in [-0.25, -0.2) is 4.98 Å². The van der Waals surface area contributed by atoms with Crippen molar-refractivity contribution in [2.45, 2.75) is 27.3 Å². The van der Waals surface area contributed by atoms with E-state index in [9.17, 15) is 4.79 Å². The maximum Gasteiger partial charge on any atom is 0.260 e. The first-order chi connectivity index (χ1) is 11.5. The summed E-state index contributed by atoms with van der Waals surface area (Å²) in [4.78, 5) is 22.0. The number of rotatable bonds is 4. The van der Waals surface area contributed by atoms with Crippen molar-refractivity contribution in [2.24, 2.45) is 0 Å². The molecular formula is C18H19ClN4O. The monoisotopic (exact) mass is 342 g/mol. The third-order valence-corrected chi connectivity index (χ3v) is 4.16. The summed E-state index contributed by atoms with van der Waals surface area (Å²) in [6, 6.07) is 9.18. The number of nitrogens with zero attached hydrogens (tertiary/aromatic N) is 3. The number of hydrogen-bond donors (Lipinski definition) is 1. The van der Waals surface area contributed by atoms with E-state index in [2.05, 4.69) is 15.3 Å². The molecule has 24 heavy (non-hydrogen) atoms. The largest absolute Gasteiger partial charge is 0.354 e. The van der Waals surface area contributed by atoms with Gasteiger partial charge in [-0.1, -0.05) is 23.7 Å². The van der Waals surface area contributed by atoms with Crippen molar-refractivity contribution in [2.75, 3.05) is 11.9 Å². The van der Waals surface area contributed by atoms with Crippen molar-refractivity contribution in [1.29, 1.82) is 0 Å². The molecular weight excluding hydrogens is 324 g/mol. The molecule has 1 N–H and O–H groups in total. The Morgan fingerprint density at radius 2 is 2.00 bits per heavy atom. The minimum Gasteiger partial charge on any atom is -0.354 e. The summed E-state index contributed by atoms with van der Waals surface area (Å²) in [6.45, 7) is 7.11. The number of halogens is 1. The first-order valence-corrected chi connectivity index (χ1v) is 8.35. The lowest BCUT2D eigenvalue weighted by Crippen LogP contribution is -2.23. The molecule has 0 amide bonds. The van der Waals surface area contributed by atoms with E-state index in [-0.39, 0.29) is 5.56 Å². The van der Waals surface area contributed by atoms with Crippen molar-refractivity contribution in [3.05, 3.63) is 51.4 Å². The Hall–Kier alpha value is -2.40. The minimum absolute atomic E-state index is 0.0761. The molecule has 5 nitrogen and oxygen atoms in total. The maximum absolute atomic E-state index is 12.9. The lowest BCUT2D eigenvalue weighted by atomic mass is 10.1. The summed E-state index contributed by atoms with van der Waals surface area (Å²) < 4.78 is 1.68. The zero-order valence-electron chi connectivity index (χ0n) is 13.9. The summed E-state index contributed by atoms with van der Waals surface area (Å²) in [7, 11) is 0. The van der Waals surface area contributed by atoms with Gasteiger partial charge in [0.1, 0.15) is 5.65 Å². The molecule has 0 radical (unpaired) electrons. The van der Waals surface area contributed by atoms with Gasteiger partial charge < -0.3 is 5.32 Å². The van der Waals surface area contributed by atoms with E-state index >= 15 is 0 Å². The van der Waals surface area contributed by atoms with Crippen molar-refractivity contribution in [3.8, 4) is 11.1 Å². The summed E-state index contributed by atoms with van der Waals surface area (Å²) in [5.41, 5.74) is 2.81. The Morgan fingerprint density at radius 3 is 2.67 bits per heavy atom. The first kappa shape index (κ1) is 16.5. The van der Waals surface area contributed by atoms with Gasteiger partial charge in [0.2, 0.25) is 5.95 Å². The molecule has 0 spiro atoms. The SMILES string of the molecule is CCNc1nc(C)c2cc(-c3cccc(Cl)c3)c(=O)n(CC)c2n1. The van der Waals surface area contributed by atoms with Gasteiger partial charge in [-0.2, -0.15) is 4.98 Å². The van der Waals surface area contributed by atoms with Crippen LogP contribution in [0.15, 0.2) is 35.1 Å². The van der Waals surface area contributed by atoms with Crippen LogP contribution in [0.5, 0.6) is 0 Å². The van der Waals surface area contributed by atoms with Crippen molar-refractivity contribution < 1.29 is 0 Å². The Morgan fingerprint density at radius 1 is 1.21 bits per heavy atom. The highest BCUT2D eigenvalue weighted by Crippen LogP contribution is 2.24. The minimum atomic E-state index is -0.0761. The second-order valence-electron chi connectivity index (χ2n) is 5.52. The van der Waals surface area contributed by atoms with Crippen LogP contribution in [0.2, 0.25) is 5.02 Å². The Balaban J connectivity index is 2.34. The number of aromatic nitrogens is 3. The van der Waals surface area contributed by atoms with Gasteiger partial charge in [-0.3, -0.25) is 9.36 Å². The topological polar surface area (TPSA) is 59.8 Å². The molecule has 6 heteroatoms. The van der Waals surface area contributed by atoms with E-state index in [1.165, 1.54) is 0 Å². The molecule has 0 aliphatic rings. The summed E-state index contributed by atoms with van der Waals surface area (Å²) in [6.07, 6.45) is 0. The predicted octanol–water partition coefficient (Wildman–Crippen LogP) is 3.87. The fourth-order valence-electron chi connectivity index (χ4n) is 2.78. The average Bonchev–Trinajstić information content (AvgIpc) is 2.55. The molecule has 0 aliphatic heterocycles. The molecule has 0 saturated carbocycles. The highest BCUT2D eigenvalue weighted by Gasteiger charge is 2.14. The van der Waals surface area contributed by atoms with E-state index in [4.69, 9.17) is 11.6 Å². The molecule has 0 atom stereocenters. The van der Waals surface area contributed by atoms with Crippen LogP contribution < -0.4 is 10.9 Å². The Bertz CT molecular complexity index is 965. The van der Waals surface area contributed by atoms with Crippen molar-refractivity contribution in [1.82, 2.24) is 14.5 Å². The fourth-order valence-corrected chi connectivity index (χ4v) is 2.97. The normalized spacial score (nSPS) is 11.0. The number of fused-ring (bicyclic) bond motifs is 1. The number of nitrogens with one attached hydrogen (secondary N) is 1. The standard InChI is InChI=1S/C18H19ClN4O/c1-4-20-18-21-11(3)14-10-15(12-7-6-8-13(19)9-12)17(24)23(5-2)16(14)22-18/h6-10H,4-5H2,1-3H3,(H,20,21,22). The van der Waals surface area contributed by atoms with Gasteiger partial charge >= 0.3 is 0 Å². The van der Waals surface area contributed by atoms with E-state index in [0.29, 0.717) is 28.7 Å². The highest BCUT2D eigenvalue weighted by atomic mass is 35.5. The van der Waals surface area contributed by atoms with E-state index < -0.39 is 0 Å². The maximum atomic E-state index is 12.9. The van der Waals surface area contributed by atoms with Gasteiger partial charge in [0.05, 0.1) is 5.69 Å². The van der Waals surface area contributed by atoms with E-state index in [1.54, 1.807) is 16.7 Å². The Labute approximate surface area is 145 Å². The molecule has 2 aromatic heterocycles. The molecule has 3 aromatic rings. The average molecular weight is 343 g/mol. The molecule has 0 saturated heterocycles. The van der Waals surface area contributed by atoms with Crippen LogP contribution in [0.4, 0.5) is 5.95 Å². The zero-order chi connectivity index (χ0) is 17.3. The summed E-state index contributed by atoms with van der Waals surface area (Å²) in [5.74, 6) is 0.541. The molecule has 0 unspecified atom stereocenters. The Kier molecular flexibility index (Phi) is 4.53. The number of anilines is 1. The van der Waals surface area contributed by atoms with E-state index in [0.717, 1.165) is 23.2 Å². The van der Waals surface area contributed by atoms with Crippen molar-refractivity contribution in [3.63, 3.8) is 0 Å². The molecule has 124 valence electrons. The van der Waals surface area contributed by atoms with Gasteiger partial charge in [-0.15, -0.1) is 0 Å². The van der Waals surface area contributed by atoms with Crippen LogP contribution in [-0.4, -0.2) is 21.1 Å². The fraction of sp³-hybridized carbons (Fsp3) is 0.278. The molecule has 0 bridgehead atoms. The lowest BCUT2D eigenvalue weighted by molar-refractivity contribution is 0.749. The van der Waals surface area contributed by atoms with Crippen LogP contribution in [0, 0.1) is 6.92 Å². The highest BCUT2D eigenvalue weighted by molar-refractivity contribution is 6.30. The lowest BCUT2D eigenvalue weighted by Gasteiger charge is -2.13. The zero-order valence-corrected chi connectivity index (χ0v) is 14.7. The van der Waals surface area contributed by atoms with Crippen molar-refractivity contribution >= 4 is 28.6 Å². The number of benzene rings is 1. The first-order valence-electron chi connectivity index (χ1n) is 7.97. The van der Waals surface area contributed by atoms with Gasteiger partial charge in [0, 0.05) is 29.1 Å². The van der Waals surface area contributed by atoms with Crippen LogP contribution in [0.25, 0.3) is 22.2 Å². The van der Waals surface area contributed by atoms with Crippen LogP contribution in [0.1, 0.15) is 19.5 Å². The quantitative estimate of drug-likeness (QED) is 0.781. The predicted molar refractivity (Wildman–Crippen MR) is 98.8 cm³/mol. The van der Waals surface area contributed by atoms with Crippen LogP contribution >= 0.6 is 11.6 Å². The molecule has 2 heterocycles. The number of aryl methyl sites for hydroxylation is 2. The second-order valence-corrected chi connectivity index (χ2v) is 5.95. The van der Waals surface area contributed by atoms with Gasteiger partial charge in [0.25, 0.3) is 5.56 Å². The molecule has 1 aromatic carbocycles. The third-order valence-electron chi connectivity index (χ3n) is 3.92. The second kappa shape index (κ2) is 6.61. The molecule has 0 fully saturated rings. The number of pyridine rings is 1. The summed E-state index contributed by atoms with van der Waals surface area (Å²) >= 11 is 6.08. The molecule has 3 rings (SSSR count).